The smallest absolute Gasteiger partial charge is 0.278 e. The number of para-hydroxylation sites is 1. The van der Waals surface area contributed by atoms with Crippen LogP contribution in [0.25, 0.3) is 28.1 Å². The van der Waals surface area contributed by atoms with E-state index in [4.69, 9.17) is 16.1 Å². The highest BCUT2D eigenvalue weighted by Gasteiger charge is 2.38. The molecule has 27 heavy (non-hydrogen) atoms. The Kier molecular flexibility index (Phi) is 3.46. The molecule has 3 aromatic heterocycles. The molecule has 3 heterocycles. The molecule has 2 unspecified atom stereocenters. The molecular weight excluding hydrogens is 366 g/mol. The van der Waals surface area contributed by atoms with Gasteiger partial charge in [0.15, 0.2) is 11.5 Å². The van der Waals surface area contributed by atoms with Crippen LogP contribution in [0.5, 0.6) is 0 Å². The van der Waals surface area contributed by atoms with E-state index in [9.17, 15) is 4.79 Å². The van der Waals surface area contributed by atoms with Gasteiger partial charge in [0.2, 0.25) is 0 Å². The predicted molar refractivity (Wildman–Crippen MR) is 102 cm³/mol. The van der Waals surface area contributed by atoms with Crippen LogP contribution in [0.1, 0.15) is 45.0 Å². The second kappa shape index (κ2) is 5.66. The molecule has 0 N–H and O–H groups in total. The van der Waals surface area contributed by atoms with Crippen molar-refractivity contribution in [3.05, 3.63) is 45.7 Å². The van der Waals surface area contributed by atoms with Crippen LogP contribution < -0.4 is 5.56 Å². The van der Waals surface area contributed by atoms with Gasteiger partial charge in [-0.15, -0.1) is 0 Å². The average molecular weight is 384 g/mol. The van der Waals surface area contributed by atoms with Crippen LogP contribution >= 0.6 is 11.6 Å². The monoisotopic (exact) mass is 383 g/mol. The molecule has 1 aliphatic carbocycles. The van der Waals surface area contributed by atoms with Crippen LogP contribution in [0, 0.1) is 5.92 Å². The summed E-state index contributed by atoms with van der Waals surface area (Å²) in [5.74, 6) is 1.87. The van der Waals surface area contributed by atoms with Crippen molar-refractivity contribution in [2.75, 3.05) is 0 Å². The summed E-state index contributed by atoms with van der Waals surface area (Å²) in [6.45, 7) is 6.07. The molecule has 1 aliphatic rings. The molecule has 138 valence electrons. The highest BCUT2D eigenvalue weighted by atomic mass is 35.5. The number of fused-ring (bicyclic) bond motifs is 3. The van der Waals surface area contributed by atoms with Gasteiger partial charge in [-0.3, -0.25) is 9.20 Å². The second-order valence-corrected chi connectivity index (χ2v) is 7.87. The summed E-state index contributed by atoms with van der Waals surface area (Å²) >= 11 is 6.43. The van der Waals surface area contributed by atoms with Gasteiger partial charge < -0.3 is 9.09 Å². The first kappa shape index (κ1) is 16.5. The molecule has 0 spiro atoms. The Morgan fingerprint density at radius 1 is 1.30 bits per heavy atom. The maximum atomic E-state index is 13.4. The van der Waals surface area contributed by atoms with Gasteiger partial charge in [-0.25, -0.2) is 4.98 Å². The summed E-state index contributed by atoms with van der Waals surface area (Å²) in [5, 5.41) is 4.62. The second-order valence-electron chi connectivity index (χ2n) is 7.47. The third kappa shape index (κ3) is 2.34. The van der Waals surface area contributed by atoms with Crippen molar-refractivity contribution in [1.29, 1.82) is 0 Å². The number of nitrogens with zero attached hydrogens (tertiary/aromatic N) is 5. The Morgan fingerprint density at radius 2 is 2.07 bits per heavy atom. The van der Waals surface area contributed by atoms with Crippen LogP contribution in [0.15, 0.2) is 33.8 Å². The lowest BCUT2D eigenvalue weighted by Gasteiger charge is -2.16. The quantitative estimate of drug-likeness (QED) is 0.533. The number of benzene rings is 1. The van der Waals surface area contributed by atoms with Gasteiger partial charge in [-0.1, -0.05) is 29.7 Å². The van der Waals surface area contributed by atoms with E-state index in [0.29, 0.717) is 39.4 Å². The molecule has 1 saturated carbocycles. The summed E-state index contributed by atoms with van der Waals surface area (Å²) in [4.78, 5) is 22.3. The first-order chi connectivity index (χ1) is 13.0. The van der Waals surface area contributed by atoms with Gasteiger partial charge in [-0.05, 0) is 38.3 Å². The lowest BCUT2D eigenvalue weighted by atomic mass is 10.2. The zero-order valence-electron chi connectivity index (χ0n) is 15.2. The molecular formula is C19H18ClN5O2. The number of aromatic nitrogens is 5. The van der Waals surface area contributed by atoms with Gasteiger partial charge in [0, 0.05) is 12.0 Å². The van der Waals surface area contributed by atoms with Crippen molar-refractivity contribution < 1.29 is 4.52 Å². The molecule has 0 aliphatic heterocycles. The fraction of sp³-hybridized carbons (Fsp3) is 0.368. The van der Waals surface area contributed by atoms with Gasteiger partial charge in [0.1, 0.15) is 11.8 Å². The van der Waals surface area contributed by atoms with E-state index in [2.05, 4.69) is 22.0 Å². The Balaban J connectivity index is 1.82. The van der Waals surface area contributed by atoms with E-state index in [1.54, 1.807) is 21.4 Å². The maximum absolute atomic E-state index is 13.4. The standard InChI is InChI=1S/C19H18ClN5O2/c1-9(2)25-15-12(20)5-4-6-13(15)24-8-21-14(16(24)19(25)26)18-22-17(23-27-18)11-7-10(11)3/h4-6,8-11H,7H2,1-3H3. The van der Waals surface area contributed by atoms with Crippen LogP contribution in [0.3, 0.4) is 0 Å². The first-order valence-electron chi connectivity index (χ1n) is 9.01. The SMILES string of the molecule is CC1CC1c1noc(-c2ncn3c2c(=O)n(C(C)C)c2c(Cl)cccc23)n1. The Hall–Kier alpha value is -2.67. The number of hydrogen-bond donors (Lipinski definition) is 0. The molecule has 7 nitrogen and oxygen atoms in total. The van der Waals surface area contributed by atoms with E-state index in [1.807, 2.05) is 26.0 Å². The molecule has 8 heteroatoms. The minimum absolute atomic E-state index is 0.0711. The summed E-state index contributed by atoms with van der Waals surface area (Å²) in [5.41, 5.74) is 2.13. The molecule has 4 aromatic rings. The van der Waals surface area contributed by atoms with Crippen molar-refractivity contribution in [1.82, 2.24) is 24.1 Å². The molecule has 2 atom stereocenters. The Bertz CT molecular complexity index is 1250. The largest absolute Gasteiger partial charge is 0.332 e. The number of halogens is 1. The third-order valence-corrected chi connectivity index (χ3v) is 5.56. The topological polar surface area (TPSA) is 78.2 Å². The van der Waals surface area contributed by atoms with Crippen molar-refractivity contribution in [2.24, 2.45) is 5.92 Å². The van der Waals surface area contributed by atoms with E-state index in [1.165, 1.54) is 0 Å². The lowest BCUT2D eigenvalue weighted by Crippen LogP contribution is -2.25. The molecule has 5 rings (SSSR count). The van der Waals surface area contributed by atoms with Crippen molar-refractivity contribution in [3.8, 4) is 11.6 Å². The Labute approximate surface area is 159 Å². The molecule has 0 radical (unpaired) electrons. The van der Waals surface area contributed by atoms with Crippen LogP contribution in [-0.2, 0) is 0 Å². The maximum Gasteiger partial charge on any atom is 0.278 e. The molecule has 0 amide bonds. The van der Waals surface area contributed by atoms with Crippen LogP contribution in [-0.4, -0.2) is 24.1 Å². The third-order valence-electron chi connectivity index (χ3n) is 5.26. The number of rotatable bonds is 3. The minimum Gasteiger partial charge on any atom is -0.332 e. The van der Waals surface area contributed by atoms with Crippen LogP contribution in [0.4, 0.5) is 0 Å². The van der Waals surface area contributed by atoms with E-state index < -0.39 is 0 Å². The summed E-state index contributed by atoms with van der Waals surface area (Å²) < 4.78 is 8.89. The van der Waals surface area contributed by atoms with E-state index in [-0.39, 0.29) is 17.5 Å². The predicted octanol–water partition coefficient (Wildman–Crippen LogP) is 4.06. The van der Waals surface area contributed by atoms with Gasteiger partial charge in [0.05, 0.1) is 16.1 Å². The lowest BCUT2D eigenvalue weighted by molar-refractivity contribution is 0.421. The van der Waals surface area contributed by atoms with E-state index >= 15 is 0 Å². The summed E-state index contributed by atoms with van der Waals surface area (Å²) in [6, 6.07) is 5.49. The molecule has 1 fully saturated rings. The fourth-order valence-corrected chi connectivity index (χ4v) is 3.96. The van der Waals surface area contributed by atoms with Gasteiger partial charge in [0.25, 0.3) is 11.4 Å². The van der Waals surface area contributed by atoms with Crippen molar-refractivity contribution in [3.63, 3.8) is 0 Å². The molecule has 0 saturated heterocycles. The zero-order chi connectivity index (χ0) is 18.9. The molecule has 0 bridgehead atoms. The van der Waals surface area contributed by atoms with Crippen molar-refractivity contribution >= 4 is 28.2 Å². The molecule has 1 aromatic carbocycles. The summed E-state index contributed by atoms with van der Waals surface area (Å²) in [7, 11) is 0. The van der Waals surface area contributed by atoms with Crippen molar-refractivity contribution in [2.45, 2.75) is 39.2 Å². The fourth-order valence-electron chi connectivity index (χ4n) is 3.70. The van der Waals surface area contributed by atoms with Gasteiger partial charge >= 0.3 is 0 Å². The average Bonchev–Trinajstić information content (AvgIpc) is 3.03. The zero-order valence-corrected chi connectivity index (χ0v) is 15.9. The summed E-state index contributed by atoms with van der Waals surface area (Å²) in [6.07, 6.45) is 2.67. The number of imidazole rings is 1. The van der Waals surface area contributed by atoms with E-state index in [0.717, 1.165) is 11.9 Å². The normalized spacial score (nSPS) is 19.4. The highest BCUT2D eigenvalue weighted by molar-refractivity contribution is 6.35. The minimum atomic E-state index is -0.183. The highest BCUT2D eigenvalue weighted by Crippen LogP contribution is 2.45. The Morgan fingerprint density at radius 3 is 2.78 bits per heavy atom. The first-order valence-corrected chi connectivity index (χ1v) is 9.39. The van der Waals surface area contributed by atoms with Crippen LogP contribution in [0.2, 0.25) is 5.02 Å². The van der Waals surface area contributed by atoms with Gasteiger partial charge in [-0.2, -0.15) is 4.98 Å². The number of hydrogen-bond acceptors (Lipinski definition) is 5.